The van der Waals surface area contributed by atoms with Crippen molar-refractivity contribution in [1.82, 2.24) is 4.90 Å². The number of carbonyl (C=O) groups is 1. The third-order valence-corrected chi connectivity index (χ3v) is 4.30. The van der Waals surface area contributed by atoms with Crippen LogP contribution >= 0.6 is 0 Å². The zero-order chi connectivity index (χ0) is 14.6. The summed E-state index contributed by atoms with van der Waals surface area (Å²) in [5, 5.41) is 9.23. The van der Waals surface area contributed by atoms with Gasteiger partial charge in [-0.1, -0.05) is 44.2 Å². The molecule has 0 saturated heterocycles. The van der Waals surface area contributed by atoms with Gasteiger partial charge in [0.2, 0.25) is 0 Å². The largest absolute Gasteiger partial charge is 0.395 e. The predicted octanol–water partition coefficient (Wildman–Crippen LogP) is 2.49. The molecule has 3 nitrogen and oxygen atoms in total. The van der Waals surface area contributed by atoms with Crippen molar-refractivity contribution >= 4 is 5.78 Å². The molecule has 110 valence electrons. The van der Waals surface area contributed by atoms with Gasteiger partial charge in [0.15, 0.2) is 0 Å². The second-order valence-corrected chi connectivity index (χ2v) is 6.43. The van der Waals surface area contributed by atoms with Crippen molar-refractivity contribution < 1.29 is 9.90 Å². The molecule has 1 unspecified atom stereocenters. The number of ketones is 1. The molecule has 1 aromatic carbocycles. The lowest BCUT2D eigenvalue weighted by molar-refractivity contribution is -0.128. The highest BCUT2D eigenvalue weighted by Crippen LogP contribution is 2.37. The zero-order valence-electron chi connectivity index (χ0n) is 12.5. The van der Waals surface area contributed by atoms with Crippen LogP contribution < -0.4 is 0 Å². The number of carbonyl (C=O) groups excluding carboxylic acids is 1. The number of hydrogen-bond donors (Lipinski definition) is 1. The molecule has 0 bridgehead atoms. The molecule has 1 aliphatic carbocycles. The molecular weight excluding hydrogens is 250 g/mol. The van der Waals surface area contributed by atoms with Gasteiger partial charge in [0.1, 0.15) is 5.78 Å². The van der Waals surface area contributed by atoms with E-state index in [1.807, 2.05) is 32.0 Å². The van der Waals surface area contributed by atoms with Gasteiger partial charge in [0.05, 0.1) is 6.61 Å². The second-order valence-electron chi connectivity index (χ2n) is 6.43. The van der Waals surface area contributed by atoms with Crippen molar-refractivity contribution in [3.63, 3.8) is 0 Å². The van der Waals surface area contributed by atoms with Crippen LogP contribution in [0.5, 0.6) is 0 Å². The Balaban J connectivity index is 1.98. The molecule has 0 aromatic heterocycles. The minimum Gasteiger partial charge on any atom is -0.395 e. The Bertz CT molecular complexity index is 442. The Labute approximate surface area is 121 Å². The molecule has 0 heterocycles. The van der Waals surface area contributed by atoms with Crippen LogP contribution in [0, 0.1) is 11.3 Å². The number of nitrogens with zero attached hydrogens (tertiary/aromatic N) is 1. The fourth-order valence-electron chi connectivity index (χ4n) is 3.05. The normalized spacial score (nSPS) is 21.6. The summed E-state index contributed by atoms with van der Waals surface area (Å²) in [7, 11) is 0. The zero-order valence-corrected chi connectivity index (χ0v) is 12.5. The summed E-state index contributed by atoms with van der Waals surface area (Å²) in [6.45, 7) is 6.41. The van der Waals surface area contributed by atoms with Crippen molar-refractivity contribution in [2.24, 2.45) is 11.3 Å². The van der Waals surface area contributed by atoms with E-state index < -0.39 is 0 Å². The third kappa shape index (κ3) is 3.68. The first kappa shape index (κ1) is 15.2. The highest BCUT2D eigenvalue weighted by molar-refractivity contribution is 5.88. The van der Waals surface area contributed by atoms with Gasteiger partial charge in [-0.3, -0.25) is 9.69 Å². The number of benzene rings is 1. The van der Waals surface area contributed by atoms with Gasteiger partial charge < -0.3 is 5.11 Å². The second kappa shape index (κ2) is 6.51. The number of aliphatic hydroxyl groups excluding tert-OH is 1. The standard InChI is InChI=1S/C17H25NO2/c1-17(2)9-8-15(16(17)20)13-18(10-11-19)12-14-6-4-3-5-7-14/h3-7,15,19H,8-13H2,1-2H3. The van der Waals surface area contributed by atoms with Gasteiger partial charge in [-0.05, 0) is 18.4 Å². The fourth-order valence-corrected chi connectivity index (χ4v) is 3.05. The number of aliphatic hydroxyl groups is 1. The van der Waals surface area contributed by atoms with Crippen molar-refractivity contribution in [2.45, 2.75) is 33.2 Å². The molecule has 1 aromatic rings. The highest BCUT2D eigenvalue weighted by atomic mass is 16.3. The summed E-state index contributed by atoms with van der Waals surface area (Å²) < 4.78 is 0. The van der Waals surface area contributed by atoms with Crippen LogP contribution in [0.1, 0.15) is 32.3 Å². The van der Waals surface area contributed by atoms with E-state index in [0.29, 0.717) is 12.3 Å². The Morgan fingerprint density at radius 3 is 2.55 bits per heavy atom. The molecule has 20 heavy (non-hydrogen) atoms. The first-order chi connectivity index (χ1) is 9.53. The molecule has 3 heteroatoms. The van der Waals surface area contributed by atoms with Gasteiger partial charge >= 0.3 is 0 Å². The average Bonchev–Trinajstić information content (AvgIpc) is 2.67. The lowest BCUT2D eigenvalue weighted by atomic mass is 9.89. The van der Waals surface area contributed by atoms with Gasteiger partial charge in [-0.2, -0.15) is 0 Å². The van der Waals surface area contributed by atoms with Crippen molar-refractivity contribution in [3.8, 4) is 0 Å². The first-order valence-corrected chi connectivity index (χ1v) is 7.44. The summed E-state index contributed by atoms with van der Waals surface area (Å²) in [6, 6.07) is 10.2. The highest BCUT2D eigenvalue weighted by Gasteiger charge is 2.40. The molecule has 2 rings (SSSR count). The van der Waals surface area contributed by atoms with Crippen LogP contribution in [0.15, 0.2) is 30.3 Å². The van der Waals surface area contributed by atoms with E-state index in [1.54, 1.807) is 0 Å². The maximum absolute atomic E-state index is 12.3. The molecule has 1 atom stereocenters. The SMILES string of the molecule is CC1(C)CCC(CN(CCO)Cc2ccccc2)C1=O. The van der Waals surface area contributed by atoms with Gasteiger partial charge in [0, 0.05) is 31.0 Å². The topological polar surface area (TPSA) is 40.5 Å². The molecule has 0 aliphatic heterocycles. The average molecular weight is 275 g/mol. The third-order valence-electron chi connectivity index (χ3n) is 4.30. The van der Waals surface area contributed by atoms with Crippen LogP contribution in [0.2, 0.25) is 0 Å². The Hall–Kier alpha value is -1.19. The number of hydrogen-bond acceptors (Lipinski definition) is 3. The van der Waals surface area contributed by atoms with E-state index in [2.05, 4.69) is 17.0 Å². The lowest BCUT2D eigenvalue weighted by Crippen LogP contribution is -2.35. The van der Waals surface area contributed by atoms with Crippen LogP contribution in [0.25, 0.3) is 0 Å². The molecule has 0 radical (unpaired) electrons. The van der Waals surface area contributed by atoms with E-state index in [0.717, 1.165) is 25.9 Å². The Kier molecular flexibility index (Phi) is 4.95. The minimum absolute atomic E-state index is 0.125. The molecule has 1 N–H and O–H groups in total. The minimum atomic E-state index is -0.164. The molecule has 1 saturated carbocycles. The molecule has 0 spiro atoms. The first-order valence-electron chi connectivity index (χ1n) is 7.44. The summed E-state index contributed by atoms with van der Waals surface area (Å²) in [6.07, 6.45) is 1.96. The van der Waals surface area contributed by atoms with E-state index in [1.165, 1.54) is 5.56 Å². The van der Waals surface area contributed by atoms with Crippen LogP contribution in [0.3, 0.4) is 0 Å². The molecular formula is C17H25NO2. The lowest BCUT2D eigenvalue weighted by Gasteiger charge is -2.25. The van der Waals surface area contributed by atoms with Crippen molar-refractivity contribution in [3.05, 3.63) is 35.9 Å². The monoisotopic (exact) mass is 275 g/mol. The fraction of sp³-hybridized carbons (Fsp3) is 0.588. The summed E-state index contributed by atoms with van der Waals surface area (Å²) in [5.41, 5.74) is 1.06. The van der Waals surface area contributed by atoms with E-state index in [4.69, 9.17) is 0 Å². The Morgan fingerprint density at radius 2 is 2.00 bits per heavy atom. The quantitative estimate of drug-likeness (QED) is 0.867. The predicted molar refractivity (Wildman–Crippen MR) is 80.3 cm³/mol. The summed E-state index contributed by atoms with van der Waals surface area (Å²) in [5.74, 6) is 0.508. The summed E-state index contributed by atoms with van der Waals surface area (Å²) >= 11 is 0. The Morgan fingerprint density at radius 1 is 1.30 bits per heavy atom. The smallest absolute Gasteiger partial charge is 0.142 e. The van der Waals surface area contributed by atoms with E-state index >= 15 is 0 Å². The molecule has 1 fully saturated rings. The van der Waals surface area contributed by atoms with Crippen molar-refractivity contribution in [1.29, 1.82) is 0 Å². The molecule has 0 amide bonds. The number of rotatable bonds is 6. The summed E-state index contributed by atoms with van der Waals surface area (Å²) in [4.78, 5) is 14.5. The molecule has 1 aliphatic rings. The van der Waals surface area contributed by atoms with Gasteiger partial charge in [-0.25, -0.2) is 0 Å². The van der Waals surface area contributed by atoms with E-state index in [-0.39, 0.29) is 17.9 Å². The van der Waals surface area contributed by atoms with Gasteiger partial charge in [-0.15, -0.1) is 0 Å². The van der Waals surface area contributed by atoms with Gasteiger partial charge in [0.25, 0.3) is 0 Å². The van der Waals surface area contributed by atoms with E-state index in [9.17, 15) is 9.90 Å². The maximum Gasteiger partial charge on any atom is 0.142 e. The maximum atomic E-state index is 12.3. The van der Waals surface area contributed by atoms with Crippen molar-refractivity contribution in [2.75, 3.05) is 19.7 Å². The van der Waals surface area contributed by atoms with Crippen LogP contribution in [-0.2, 0) is 11.3 Å². The van der Waals surface area contributed by atoms with Crippen LogP contribution in [0.4, 0.5) is 0 Å². The van der Waals surface area contributed by atoms with Crippen LogP contribution in [-0.4, -0.2) is 35.5 Å². The number of Topliss-reactive ketones (excluding diaryl/α,β-unsaturated/α-hetero) is 1.